The largest absolute Gasteiger partial charge is 0.497 e. The van der Waals surface area contributed by atoms with Crippen molar-refractivity contribution in [1.29, 1.82) is 0 Å². The van der Waals surface area contributed by atoms with Gasteiger partial charge in [-0.15, -0.1) is 0 Å². The number of methoxy groups -OCH3 is 1. The molecule has 152 valence electrons. The van der Waals surface area contributed by atoms with Crippen LogP contribution in [0, 0.1) is 0 Å². The van der Waals surface area contributed by atoms with Crippen LogP contribution >= 0.6 is 11.8 Å². The van der Waals surface area contributed by atoms with E-state index in [4.69, 9.17) is 9.47 Å². The van der Waals surface area contributed by atoms with Crippen LogP contribution < -0.4 is 14.8 Å². The number of rotatable bonds is 7. The summed E-state index contributed by atoms with van der Waals surface area (Å²) < 4.78 is 10.6. The predicted molar refractivity (Wildman–Crippen MR) is 115 cm³/mol. The van der Waals surface area contributed by atoms with E-state index >= 15 is 0 Å². The van der Waals surface area contributed by atoms with E-state index in [1.807, 2.05) is 37.3 Å². The van der Waals surface area contributed by atoms with Crippen LogP contribution in [-0.2, 0) is 9.59 Å². The van der Waals surface area contributed by atoms with E-state index in [0.29, 0.717) is 34.6 Å². The van der Waals surface area contributed by atoms with E-state index in [-0.39, 0.29) is 18.2 Å². The number of hydrogen-bond acceptors (Lipinski definition) is 6. The fourth-order valence-corrected chi connectivity index (χ4v) is 3.95. The first-order chi connectivity index (χ1) is 14.0. The molecule has 0 bridgehead atoms. The van der Waals surface area contributed by atoms with Crippen molar-refractivity contribution in [1.82, 2.24) is 4.90 Å². The standard InChI is InChI=1S/C21H23N3O4S/c1-4-28-17-10-6-7-14(12-17)22-19(25)13-18-20(26)24(2)21(29-18)23-15-8-5-9-16(11-15)27-3/h5-12,18H,4,13H2,1-3H3,(H,22,25)/t18-/m0/s1. The SMILES string of the molecule is CCOc1cccc(NC(=O)C[C@@H]2SC(=Nc3cccc(OC)c3)N(C)C2=O)c1. The van der Waals surface area contributed by atoms with Crippen LogP contribution in [0.25, 0.3) is 0 Å². The first-order valence-electron chi connectivity index (χ1n) is 9.20. The van der Waals surface area contributed by atoms with Crippen LogP contribution in [0.1, 0.15) is 13.3 Å². The molecular weight excluding hydrogens is 390 g/mol. The van der Waals surface area contributed by atoms with Crippen LogP contribution in [-0.4, -0.2) is 47.9 Å². The Morgan fingerprint density at radius 1 is 1.21 bits per heavy atom. The van der Waals surface area contributed by atoms with Crippen LogP contribution in [0.3, 0.4) is 0 Å². The van der Waals surface area contributed by atoms with Crippen molar-refractivity contribution >= 4 is 40.1 Å². The summed E-state index contributed by atoms with van der Waals surface area (Å²) >= 11 is 1.29. The molecule has 0 spiro atoms. The van der Waals surface area contributed by atoms with E-state index in [0.717, 1.165) is 0 Å². The number of carbonyl (C=O) groups excluding carboxylic acids is 2. The highest BCUT2D eigenvalue weighted by atomic mass is 32.2. The van der Waals surface area contributed by atoms with Gasteiger partial charge in [-0.1, -0.05) is 23.9 Å². The molecule has 1 fully saturated rings. The Hall–Kier alpha value is -3.00. The molecule has 1 heterocycles. The first kappa shape index (κ1) is 20.7. The summed E-state index contributed by atoms with van der Waals surface area (Å²) in [7, 11) is 3.25. The van der Waals surface area contributed by atoms with E-state index in [1.54, 1.807) is 32.4 Å². The lowest BCUT2D eigenvalue weighted by Gasteiger charge is -2.10. The van der Waals surface area contributed by atoms with Gasteiger partial charge in [-0.25, -0.2) is 4.99 Å². The lowest BCUT2D eigenvalue weighted by Crippen LogP contribution is -2.30. The number of aliphatic imine (C=N–C) groups is 1. The molecule has 7 nitrogen and oxygen atoms in total. The van der Waals surface area contributed by atoms with Crippen molar-refractivity contribution in [2.45, 2.75) is 18.6 Å². The van der Waals surface area contributed by atoms with Crippen molar-refractivity contribution in [2.24, 2.45) is 4.99 Å². The summed E-state index contributed by atoms with van der Waals surface area (Å²) in [5.41, 5.74) is 1.32. The molecule has 1 aliphatic heterocycles. The Morgan fingerprint density at radius 3 is 2.72 bits per heavy atom. The lowest BCUT2D eigenvalue weighted by atomic mass is 10.2. The third-order valence-corrected chi connectivity index (χ3v) is 5.45. The van der Waals surface area contributed by atoms with Crippen molar-refractivity contribution in [2.75, 3.05) is 26.1 Å². The Labute approximate surface area is 174 Å². The van der Waals surface area contributed by atoms with Gasteiger partial charge in [-0.2, -0.15) is 0 Å². The van der Waals surface area contributed by atoms with Gasteiger partial charge in [0.25, 0.3) is 0 Å². The average molecular weight is 413 g/mol. The predicted octanol–water partition coefficient (Wildman–Crippen LogP) is 3.68. The Bertz CT molecular complexity index is 932. The minimum absolute atomic E-state index is 0.0594. The number of carbonyl (C=O) groups is 2. The minimum atomic E-state index is -0.514. The highest BCUT2D eigenvalue weighted by Gasteiger charge is 2.37. The second kappa shape index (κ2) is 9.47. The second-order valence-electron chi connectivity index (χ2n) is 6.31. The smallest absolute Gasteiger partial charge is 0.242 e. The van der Waals surface area contributed by atoms with Crippen molar-refractivity contribution in [3.05, 3.63) is 48.5 Å². The number of thioether (sulfide) groups is 1. The number of nitrogens with zero attached hydrogens (tertiary/aromatic N) is 2. The quantitative estimate of drug-likeness (QED) is 0.749. The topological polar surface area (TPSA) is 80.2 Å². The molecule has 0 unspecified atom stereocenters. The van der Waals surface area contributed by atoms with Gasteiger partial charge >= 0.3 is 0 Å². The molecule has 2 aromatic carbocycles. The highest BCUT2D eigenvalue weighted by Crippen LogP contribution is 2.31. The number of anilines is 1. The van der Waals surface area contributed by atoms with E-state index in [1.165, 1.54) is 16.7 Å². The van der Waals surface area contributed by atoms with Crippen LogP contribution in [0.15, 0.2) is 53.5 Å². The number of hydrogen-bond donors (Lipinski definition) is 1. The molecule has 3 rings (SSSR count). The third kappa shape index (κ3) is 5.29. The molecule has 1 saturated heterocycles. The molecule has 0 aliphatic carbocycles. The van der Waals surface area contributed by atoms with Crippen molar-refractivity contribution < 1.29 is 19.1 Å². The van der Waals surface area contributed by atoms with Crippen molar-refractivity contribution in [3.8, 4) is 11.5 Å². The number of nitrogens with one attached hydrogen (secondary N) is 1. The molecule has 0 aromatic heterocycles. The van der Waals surface area contributed by atoms with Crippen molar-refractivity contribution in [3.63, 3.8) is 0 Å². The zero-order valence-corrected chi connectivity index (χ0v) is 17.4. The molecule has 1 N–H and O–H groups in total. The summed E-state index contributed by atoms with van der Waals surface area (Å²) in [5, 5.41) is 2.86. The van der Waals surface area contributed by atoms with E-state index in [2.05, 4.69) is 10.3 Å². The maximum Gasteiger partial charge on any atom is 0.242 e. The van der Waals surface area contributed by atoms with E-state index in [9.17, 15) is 9.59 Å². The molecule has 29 heavy (non-hydrogen) atoms. The fourth-order valence-electron chi connectivity index (χ4n) is 2.80. The Kier molecular flexibility index (Phi) is 6.77. The van der Waals surface area contributed by atoms with Gasteiger partial charge in [0.1, 0.15) is 16.7 Å². The fraction of sp³-hybridized carbons (Fsp3) is 0.286. The van der Waals surface area contributed by atoms with Gasteiger partial charge in [-0.05, 0) is 31.2 Å². The second-order valence-corrected chi connectivity index (χ2v) is 7.48. The first-order valence-corrected chi connectivity index (χ1v) is 10.1. The summed E-state index contributed by atoms with van der Waals surface area (Å²) in [6, 6.07) is 14.5. The van der Waals surface area contributed by atoms with Gasteiger partial charge in [0, 0.05) is 31.3 Å². The van der Waals surface area contributed by atoms with Gasteiger partial charge in [0.15, 0.2) is 5.17 Å². The molecule has 8 heteroatoms. The number of amidine groups is 1. The van der Waals surface area contributed by atoms with Gasteiger partial charge in [0.05, 0.1) is 19.4 Å². The summed E-state index contributed by atoms with van der Waals surface area (Å²) in [5.74, 6) is 0.994. The highest BCUT2D eigenvalue weighted by molar-refractivity contribution is 8.15. The maximum absolute atomic E-state index is 12.6. The van der Waals surface area contributed by atoms with Gasteiger partial charge in [-0.3, -0.25) is 14.5 Å². The molecule has 2 aromatic rings. The Balaban J connectivity index is 1.65. The summed E-state index contributed by atoms with van der Waals surface area (Å²) in [6.45, 7) is 2.45. The maximum atomic E-state index is 12.6. The van der Waals surface area contributed by atoms with Gasteiger partial charge in [0.2, 0.25) is 11.8 Å². The summed E-state index contributed by atoms with van der Waals surface area (Å²) in [4.78, 5) is 31.0. The zero-order valence-electron chi connectivity index (χ0n) is 16.5. The van der Waals surface area contributed by atoms with Crippen LogP contribution in [0.5, 0.6) is 11.5 Å². The molecule has 0 radical (unpaired) electrons. The average Bonchev–Trinajstić information content (AvgIpc) is 2.96. The Morgan fingerprint density at radius 2 is 1.97 bits per heavy atom. The number of benzene rings is 2. The molecule has 0 saturated carbocycles. The molecule has 2 amide bonds. The summed E-state index contributed by atoms with van der Waals surface area (Å²) in [6.07, 6.45) is 0.0594. The monoisotopic (exact) mass is 413 g/mol. The van der Waals surface area contributed by atoms with E-state index < -0.39 is 5.25 Å². The zero-order chi connectivity index (χ0) is 20.8. The third-order valence-electron chi connectivity index (χ3n) is 4.22. The number of amides is 2. The molecular formula is C21H23N3O4S. The normalized spacial score (nSPS) is 17.5. The molecule has 1 aliphatic rings. The minimum Gasteiger partial charge on any atom is -0.497 e. The van der Waals surface area contributed by atoms with Gasteiger partial charge < -0.3 is 14.8 Å². The molecule has 1 atom stereocenters. The lowest BCUT2D eigenvalue weighted by molar-refractivity contribution is -0.127. The van der Waals surface area contributed by atoms with Crippen LogP contribution in [0.2, 0.25) is 0 Å². The number of ether oxygens (including phenoxy) is 2. The van der Waals surface area contributed by atoms with Crippen LogP contribution in [0.4, 0.5) is 11.4 Å².